The molecule has 0 saturated carbocycles. The monoisotopic (exact) mass is 440 g/mol. The zero-order valence-corrected chi connectivity index (χ0v) is 17.1. The first-order valence-corrected chi connectivity index (χ1v) is 10.1. The number of nitrogens with one attached hydrogen (secondary N) is 1. The van der Waals surface area contributed by atoms with E-state index in [0.29, 0.717) is 36.6 Å². The lowest BCUT2D eigenvalue weighted by molar-refractivity contribution is -0.142. The summed E-state index contributed by atoms with van der Waals surface area (Å²) in [5.41, 5.74) is 2.00. The number of nitrogens with zero attached hydrogens (tertiary/aromatic N) is 5. The van der Waals surface area contributed by atoms with E-state index in [0.717, 1.165) is 16.1 Å². The molecule has 1 aliphatic heterocycles. The van der Waals surface area contributed by atoms with E-state index < -0.39 is 11.9 Å². The number of rotatable bonds is 3. The first-order valence-electron chi connectivity index (χ1n) is 10.1. The van der Waals surface area contributed by atoms with Gasteiger partial charge in [0, 0.05) is 36.3 Å². The van der Waals surface area contributed by atoms with Gasteiger partial charge in [0.05, 0.1) is 11.4 Å². The van der Waals surface area contributed by atoms with Crippen LogP contribution in [0.4, 0.5) is 13.2 Å². The number of hydrogen-bond donors (Lipinski definition) is 1. The summed E-state index contributed by atoms with van der Waals surface area (Å²) in [4.78, 5) is 18.8. The van der Waals surface area contributed by atoms with Crippen molar-refractivity contribution in [1.82, 2.24) is 29.7 Å². The summed E-state index contributed by atoms with van der Waals surface area (Å²) in [6.07, 6.45) is -3.93. The second-order valence-electron chi connectivity index (χ2n) is 7.89. The van der Waals surface area contributed by atoms with Crippen LogP contribution in [0.1, 0.15) is 39.9 Å². The normalized spacial score (nSPS) is 16.8. The van der Waals surface area contributed by atoms with Crippen molar-refractivity contribution < 1.29 is 18.0 Å². The first kappa shape index (κ1) is 20.2. The van der Waals surface area contributed by atoms with Gasteiger partial charge in [-0.05, 0) is 25.5 Å². The van der Waals surface area contributed by atoms with Crippen LogP contribution in [0, 0.1) is 6.92 Å². The van der Waals surface area contributed by atoms with E-state index in [1.54, 1.807) is 17.0 Å². The maximum atomic E-state index is 13.4. The van der Waals surface area contributed by atoms with Crippen molar-refractivity contribution in [3.63, 3.8) is 0 Å². The number of aromatic nitrogens is 5. The fourth-order valence-electron chi connectivity index (χ4n) is 4.06. The lowest BCUT2D eigenvalue weighted by Crippen LogP contribution is -2.28. The quantitative estimate of drug-likeness (QED) is 0.521. The predicted molar refractivity (Wildman–Crippen MR) is 110 cm³/mol. The van der Waals surface area contributed by atoms with Crippen LogP contribution in [-0.2, 0) is 6.18 Å². The van der Waals surface area contributed by atoms with Crippen molar-refractivity contribution in [2.24, 2.45) is 0 Å². The van der Waals surface area contributed by atoms with Crippen molar-refractivity contribution in [3.05, 3.63) is 71.3 Å². The molecule has 4 aromatic rings. The number of likely N-dealkylation sites (tertiary alicyclic amines) is 1. The Labute approximate surface area is 180 Å². The third-order valence-electron chi connectivity index (χ3n) is 5.64. The van der Waals surface area contributed by atoms with Crippen LogP contribution in [0.25, 0.3) is 16.9 Å². The molecule has 4 heterocycles. The van der Waals surface area contributed by atoms with Crippen molar-refractivity contribution in [2.45, 2.75) is 25.4 Å². The minimum absolute atomic E-state index is 0.151. The maximum Gasteiger partial charge on any atom is 0.433 e. The molecule has 164 valence electrons. The van der Waals surface area contributed by atoms with Gasteiger partial charge in [-0.2, -0.15) is 23.4 Å². The SMILES string of the molecule is Cc1cc(C(F)(F)F)n2nc(C3CCN(C(=O)c4cc(-c5ccccc5)n[nH]4)C3)cc2n1. The summed E-state index contributed by atoms with van der Waals surface area (Å²) in [6, 6.07) is 13.8. The highest BCUT2D eigenvalue weighted by atomic mass is 19.4. The average molecular weight is 440 g/mol. The fraction of sp³-hybridized carbons (Fsp3) is 0.273. The summed E-state index contributed by atoms with van der Waals surface area (Å²) in [6.45, 7) is 2.37. The standard InChI is InChI=1S/C22H19F3N6O/c1-13-9-19(22(23,24)25)31-20(26-13)11-17(29-31)15-7-8-30(12-15)21(32)18-10-16(27-28-18)14-5-3-2-4-6-14/h2-6,9-11,15H,7-8,12H2,1H3,(H,27,28). The van der Waals surface area contributed by atoms with Crippen molar-refractivity contribution in [2.75, 3.05) is 13.1 Å². The number of fused-ring (bicyclic) bond motifs is 1. The van der Waals surface area contributed by atoms with Crippen LogP contribution in [0.3, 0.4) is 0 Å². The Kier molecular flexibility index (Phi) is 4.72. The number of carbonyl (C=O) groups excluding carboxylic acids is 1. The van der Waals surface area contributed by atoms with Gasteiger partial charge < -0.3 is 4.90 Å². The predicted octanol–water partition coefficient (Wildman–Crippen LogP) is 4.08. The Bertz CT molecular complexity index is 1290. The molecular weight excluding hydrogens is 421 g/mol. The molecule has 1 aliphatic rings. The molecule has 32 heavy (non-hydrogen) atoms. The van der Waals surface area contributed by atoms with Crippen LogP contribution < -0.4 is 0 Å². The number of aryl methyl sites for hydroxylation is 1. The zero-order valence-electron chi connectivity index (χ0n) is 17.1. The maximum absolute atomic E-state index is 13.4. The Balaban J connectivity index is 1.36. The highest BCUT2D eigenvalue weighted by molar-refractivity contribution is 5.93. The first-order chi connectivity index (χ1) is 15.3. The van der Waals surface area contributed by atoms with E-state index in [4.69, 9.17) is 0 Å². The van der Waals surface area contributed by atoms with Crippen molar-refractivity contribution in [3.8, 4) is 11.3 Å². The van der Waals surface area contributed by atoms with Crippen LogP contribution in [0.5, 0.6) is 0 Å². The Morgan fingerprint density at radius 2 is 1.94 bits per heavy atom. The fourth-order valence-corrected chi connectivity index (χ4v) is 4.06. The molecule has 0 aliphatic carbocycles. The van der Waals surface area contributed by atoms with Crippen LogP contribution >= 0.6 is 0 Å². The van der Waals surface area contributed by atoms with Gasteiger partial charge in [0.25, 0.3) is 5.91 Å². The summed E-state index contributed by atoms with van der Waals surface area (Å²) in [5.74, 6) is -0.366. The Morgan fingerprint density at radius 3 is 2.69 bits per heavy atom. The molecule has 0 spiro atoms. The van der Waals surface area contributed by atoms with Crippen molar-refractivity contribution in [1.29, 1.82) is 0 Å². The van der Waals surface area contributed by atoms with E-state index in [9.17, 15) is 18.0 Å². The lowest BCUT2D eigenvalue weighted by atomic mass is 10.1. The zero-order chi connectivity index (χ0) is 22.5. The van der Waals surface area contributed by atoms with Gasteiger partial charge in [0.1, 0.15) is 11.4 Å². The molecule has 5 rings (SSSR count). The van der Waals surface area contributed by atoms with E-state index in [1.165, 1.54) is 6.92 Å². The molecule has 10 heteroatoms. The van der Waals surface area contributed by atoms with Gasteiger partial charge in [-0.25, -0.2) is 9.50 Å². The average Bonchev–Trinajstić information content (AvgIpc) is 3.51. The van der Waals surface area contributed by atoms with E-state index >= 15 is 0 Å². The number of carbonyl (C=O) groups is 1. The molecule has 1 fully saturated rings. The number of alkyl halides is 3. The number of halogens is 3. The van der Waals surface area contributed by atoms with Gasteiger partial charge in [0.2, 0.25) is 0 Å². The minimum atomic E-state index is -4.54. The third kappa shape index (κ3) is 3.61. The second-order valence-corrected chi connectivity index (χ2v) is 7.89. The third-order valence-corrected chi connectivity index (χ3v) is 5.64. The summed E-state index contributed by atoms with van der Waals surface area (Å²) in [7, 11) is 0. The molecule has 1 N–H and O–H groups in total. The minimum Gasteiger partial charge on any atom is -0.337 e. The van der Waals surface area contributed by atoms with E-state index in [-0.39, 0.29) is 23.2 Å². The Hall–Kier alpha value is -3.69. The summed E-state index contributed by atoms with van der Waals surface area (Å²) >= 11 is 0. The highest BCUT2D eigenvalue weighted by Gasteiger charge is 2.36. The van der Waals surface area contributed by atoms with Crippen LogP contribution in [0.15, 0.2) is 48.5 Å². The van der Waals surface area contributed by atoms with Gasteiger partial charge in [0.15, 0.2) is 5.65 Å². The van der Waals surface area contributed by atoms with E-state index in [2.05, 4.69) is 20.3 Å². The number of hydrogen-bond acceptors (Lipinski definition) is 4. The molecule has 7 nitrogen and oxygen atoms in total. The van der Waals surface area contributed by atoms with Gasteiger partial charge in [-0.1, -0.05) is 30.3 Å². The highest BCUT2D eigenvalue weighted by Crippen LogP contribution is 2.32. The smallest absolute Gasteiger partial charge is 0.337 e. The number of aromatic amines is 1. The molecule has 0 bridgehead atoms. The topological polar surface area (TPSA) is 79.2 Å². The molecule has 1 amide bonds. The molecule has 3 aromatic heterocycles. The summed E-state index contributed by atoms with van der Waals surface area (Å²) in [5, 5.41) is 11.2. The van der Waals surface area contributed by atoms with Gasteiger partial charge >= 0.3 is 6.18 Å². The number of amides is 1. The van der Waals surface area contributed by atoms with Crippen molar-refractivity contribution >= 4 is 11.6 Å². The molecular formula is C22H19F3N6O. The lowest BCUT2D eigenvalue weighted by Gasteiger charge is -2.14. The van der Waals surface area contributed by atoms with Gasteiger partial charge in [-0.3, -0.25) is 9.89 Å². The Morgan fingerprint density at radius 1 is 1.16 bits per heavy atom. The number of benzene rings is 1. The molecule has 1 unspecified atom stereocenters. The van der Waals surface area contributed by atoms with Gasteiger partial charge in [-0.15, -0.1) is 0 Å². The molecule has 0 radical (unpaired) electrons. The van der Waals surface area contributed by atoms with Crippen LogP contribution in [0.2, 0.25) is 0 Å². The molecule has 1 saturated heterocycles. The summed E-state index contributed by atoms with van der Waals surface area (Å²) < 4.78 is 41.1. The number of H-pyrrole nitrogens is 1. The molecule has 1 atom stereocenters. The second kappa shape index (κ2) is 7.47. The largest absolute Gasteiger partial charge is 0.433 e. The van der Waals surface area contributed by atoms with E-state index in [1.807, 2.05) is 30.3 Å². The van der Waals surface area contributed by atoms with Crippen LogP contribution in [-0.4, -0.2) is 48.7 Å². The molecule has 1 aromatic carbocycles.